The summed E-state index contributed by atoms with van der Waals surface area (Å²) in [6, 6.07) is 16.8. The van der Waals surface area contributed by atoms with Crippen LogP contribution in [0.15, 0.2) is 75.6 Å². The highest BCUT2D eigenvalue weighted by molar-refractivity contribution is 9.10. The van der Waals surface area contributed by atoms with E-state index in [1.165, 1.54) is 42.5 Å². The minimum Gasteiger partial charge on any atom is -0.490 e. The Kier molecular flexibility index (Phi) is 8.81. The monoisotopic (exact) mass is 594 g/mol. The number of anilines is 1. The summed E-state index contributed by atoms with van der Waals surface area (Å²) in [5.74, 6) is -0.631. The van der Waals surface area contributed by atoms with E-state index in [0.717, 1.165) is 0 Å². The zero-order valence-electron chi connectivity index (χ0n) is 18.1. The number of carbonyl (C=O) groups is 1. The molecule has 1 N–H and O–H groups in total. The zero-order chi connectivity index (χ0) is 25.6. The lowest BCUT2D eigenvalue weighted by Crippen LogP contribution is -2.13. The van der Waals surface area contributed by atoms with Gasteiger partial charge in [0.05, 0.1) is 11.1 Å². The molecule has 0 bridgehead atoms. The minimum atomic E-state index is -4.20. The van der Waals surface area contributed by atoms with Crippen LogP contribution in [-0.2, 0) is 14.9 Å². The van der Waals surface area contributed by atoms with E-state index in [-0.39, 0.29) is 33.0 Å². The number of ether oxygens (including phenoxy) is 1. The summed E-state index contributed by atoms with van der Waals surface area (Å²) in [5, 5.41) is 12.9. The Bertz CT molecular complexity index is 1440. The van der Waals surface area contributed by atoms with E-state index in [4.69, 9.17) is 32.1 Å². The molecule has 7 nitrogen and oxygen atoms in total. The molecule has 3 aromatic rings. The predicted octanol–water partition coefficient (Wildman–Crippen LogP) is 6.47. The number of hydrogen-bond acceptors (Lipinski definition) is 6. The molecule has 0 saturated carbocycles. The number of benzene rings is 3. The Morgan fingerprint density at radius 1 is 1.11 bits per heavy atom. The van der Waals surface area contributed by atoms with Gasteiger partial charge in [-0.3, -0.25) is 4.79 Å². The Morgan fingerprint density at radius 2 is 1.83 bits per heavy atom. The first kappa shape index (κ1) is 26.6. The van der Waals surface area contributed by atoms with Crippen molar-refractivity contribution >= 4 is 66.9 Å². The molecular formula is C24H17BrCl2N2O5S. The average Bonchev–Trinajstić information content (AvgIpc) is 2.80. The van der Waals surface area contributed by atoms with E-state index in [1.54, 1.807) is 31.2 Å². The SMILES string of the molecule is CCOc1cc(/C=C(\C#N)C(=O)Nc2cccc(Cl)c2)cc(Br)c1OS(=O)(=O)c1ccc(Cl)cc1. The smallest absolute Gasteiger partial charge is 0.339 e. The van der Waals surface area contributed by atoms with Crippen LogP contribution in [0.5, 0.6) is 11.5 Å². The largest absolute Gasteiger partial charge is 0.490 e. The van der Waals surface area contributed by atoms with Crippen LogP contribution >= 0.6 is 39.1 Å². The average molecular weight is 596 g/mol. The van der Waals surface area contributed by atoms with Gasteiger partial charge in [0.2, 0.25) is 0 Å². The quantitative estimate of drug-likeness (QED) is 0.182. The molecule has 0 aliphatic heterocycles. The number of halogens is 3. The van der Waals surface area contributed by atoms with Gasteiger partial charge >= 0.3 is 10.1 Å². The van der Waals surface area contributed by atoms with Crippen molar-refractivity contribution in [3.63, 3.8) is 0 Å². The molecule has 1 amide bonds. The van der Waals surface area contributed by atoms with Crippen molar-refractivity contribution in [3.05, 3.63) is 86.3 Å². The lowest BCUT2D eigenvalue weighted by Gasteiger charge is -2.15. The second-order valence-electron chi connectivity index (χ2n) is 6.89. The first-order valence-corrected chi connectivity index (χ1v) is 12.9. The van der Waals surface area contributed by atoms with E-state index in [2.05, 4.69) is 21.2 Å². The van der Waals surface area contributed by atoms with Crippen molar-refractivity contribution in [3.8, 4) is 17.6 Å². The van der Waals surface area contributed by atoms with Crippen molar-refractivity contribution in [2.75, 3.05) is 11.9 Å². The molecule has 180 valence electrons. The molecule has 0 unspecified atom stereocenters. The van der Waals surface area contributed by atoms with Crippen LogP contribution in [0.25, 0.3) is 6.08 Å². The lowest BCUT2D eigenvalue weighted by molar-refractivity contribution is -0.112. The van der Waals surface area contributed by atoms with Gasteiger partial charge in [-0.25, -0.2) is 0 Å². The molecule has 0 heterocycles. The van der Waals surface area contributed by atoms with Gasteiger partial charge in [-0.1, -0.05) is 29.3 Å². The number of amides is 1. The Morgan fingerprint density at radius 3 is 2.46 bits per heavy atom. The lowest BCUT2D eigenvalue weighted by atomic mass is 10.1. The molecule has 35 heavy (non-hydrogen) atoms. The maximum atomic E-state index is 12.8. The molecule has 0 saturated heterocycles. The van der Waals surface area contributed by atoms with Gasteiger partial charge in [-0.15, -0.1) is 0 Å². The number of nitrogens with one attached hydrogen (secondary N) is 1. The van der Waals surface area contributed by atoms with E-state index in [1.807, 2.05) is 6.07 Å². The number of hydrogen-bond donors (Lipinski definition) is 1. The molecule has 11 heteroatoms. The molecule has 0 aromatic heterocycles. The fourth-order valence-corrected chi connectivity index (χ4v) is 4.78. The molecule has 0 spiro atoms. The summed E-state index contributed by atoms with van der Waals surface area (Å²) >= 11 is 15.1. The summed E-state index contributed by atoms with van der Waals surface area (Å²) in [5.41, 5.74) is 0.632. The van der Waals surface area contributed by atoms with Crippen molar-refractivity contribution < 1.29 is 22.1 Å². The van der Waals surface area contributed by atoms with Gasteiger partial charge in [-0.05, 0) is 89.1 Å². The third kappa shape index (κ3) is 6.99. The summed E-state index contributed by atoms with van der Waals surface area (Å²) in [7, 11) is -4.20. The fourth-order valence-electron chi connectivity index (χ4n) is 2.85. The van der Waals surface area contributed by atoms with Crippen LogP contribution in [0.2, 0.25) is 10.0 Å². The predicted molar refractivity (Wildman–Crippen MR) is 138 cm³/mol. The molecule has 0 aliphatic carbocycles. The van der Waals surface area contributed by atoms with Crippen LogP contribution in [0.4, 0.5) is 5.69 Å². The van der Waals surface area contributed by atoms with Gasteiger partial charge in [-0.2, -0.15) is 13.7 Å². The molecule has 3 rings (SSSR count). The van der Waals surface area contributed by atoms with Gasteiger partial charge in [0.1, 0.15) is 16.5 Å². The van der Waals surface area contributed by atoms with Crippen molar-refractivity contribution in [1.29, 1.82) is 5.26 Å². The highest BCUT2D eigenvalue weighted by Gasteiger charge is 2.22. The van der Waals surface area contributed by atoms with Crippen molar-refractivity contribution in [1.82, 2.24) is 0 Å². The molecule has 0 radical (unpaired) electrons. The summed E-state index contributed by atoms with van der Waals surface area (Å²) in [4.78, 5) is 12.5. The maximum absolute atomic E-state index is 12.8. The third-order valence-electron chi connectivity index (χ3n) is 4.39. The maximum Gasteiger partial charge on any atom is 0.339 e. The standard InChI is InChI=1S/C24H17BrCl2N2O5S/c1-2-33-22-12-15(10-16(14-28)24(30)29-19-5-3-4-18(27)13-19)11-21(25)23(22)34-35(31,32)20-8-6-17(26)7-9-20/h3-13H,2H2,1H3,(H,29,30)/b16-10+. The highest BCUT2D eigenvalue weighted by Crippen LogP contribution is 2.39. The van der Waals surface area contributed by atoms with Crippen LogP contribution in [0.1, 0.15) is 12.5 Å². The Labute approximate surface area is 221 Å². The number of carbonyl (C=O) groups excluding carboxylic acids is 1. The second-order valence-corrected chi connectivity index (χ2v) is 10.2. The number of nitrogens with zero attached hydrogens (tertiary/aromatic N) is 1. The van der Waals surface area contributed by atoms with Crippen molar-refractivity contribution in [2.24, 2.45) is 0 Å². The Balaban J connectivity index is 1.94. The zero-order valence-corrected chi connectivity index (χ0v) is 22.0. The number of nitriles is 1. The number of rotatable bonds is 8. The molecule has 0 atom stereocenters. The van der Waals surface area contributed by atoms with Gasteiger partial charge in [0.15, 0.2) is 11.5 Å². The highest BCUT2D eigenvalue weighted by atomic mass is 79.9. The van der Waals surface area contributed by atoms with E-state index in [0.29, 0.717) is 21.3 Å². The van der Waals surface area contributed by atoms with Crippen LogP contribution in [0.3, 0.4) is 0 Å². The van der Waals surface area contributed by atoms with Crippen LogP contribution in [-0.4, -0.2) is 20.9 Å². The van der Waals surface area contributed by atoms with E-state index >= 15 is 0 Å². The topological polar surface area (TPSA) is 105 Å². The van der Waals surface area contributed by atoms with Gasteiger partial charge < -0.3 is 14.2 Å². The summed E-state index contributed by atoms with van der Waals surface area (Å²) in [6.45, 7) is 1.92. The van der Waals surface area contributed by atoms with E-state index < -0.39 is 16.0 Å². The molecule has 0 aliphatic rings. The van der Waals surface area contributed by atoms with Crippen molar-refractivity contribution in [2.45, 2.75) is 11.8 Å². The van der Waals surface area contributed by atoms with E-state index in [9.17, 15) is 18.5 Å². The summed E-state index contributed by atoms with van der Waals surface area (Å²) in [6.07, 6.45) is 1.34. The second kappa shape index (κ2) is 11.6. The van der Waals surface area contributed by atoms with Gasteiger partial charge in [0.25, 0.3) is 5.91 Å². The molecule has 3 aromatic carbocycles. The summed E-state index contributed by atoms with van der Waals surface area (Å²) < 4.78 is 36.7. The molecule has 0 fully saturated rings. The fraction of sp³-hybridized carbons (Fsp3) is 0.0833. The Hall–Kier alpha value is -3.03. The normalized spacial score (nSPS) is 11.5. The van der Waals surface area contributed by atoms with Crippen LogP contribution < -0.4 is 14.2 Å². The third-order valence-corrected chi connectivity index (χ3v) is 6.70. The van der Waals surface area contributed by atoms with Gasteiger partial charge in [0, 0.05) is 15.7 Å². The van der Waals surface area contributed by atoms with Crippen LogP contribution in [0, 0.1) is 11.3 Å². The minimum absolute atomic E-state index is 0.0826. The first-order valence-electron chi connectivity index (χ1n) is 9.98. The first-order chi connectivity index (χ1) is 16.6. The molecular weight excluding hydrogens is 579 g/mol.